The van der Waals surface area contributed by atoms with E-state index in [0.717, 1.165) is 16.8 Å². The highest BCUT2D eigenvalue weighted by Crippen LogP contribution is 2.17. The van der Waals surface area contributed by atoms with Gasteiger partial charge in [0.15, 0.2) is 4.77 Å². The first-order chi connectivity index (χ1) is 7.59. The van der Waals surface area contributed by atoms with Crippen molar-refractivity contribution in [1.82, 2.24) is 9.55 Å². The SMILES string of the molecule is Cc1cccc(C)c1-n1ccc(=O)[nH]c1=S. The molecule has 0 aliphatic heterocycles. The van der Waals surface area contributed by atoms with Gasteiger partial charge >= 0.3 is 0 Å². The number of rotatable bonds is 1. The van der Waals surface area contributed by atoms with E-state index in [0.29, 0.717) is 4.77 Å². The number of H-pyrrole nitrogens is 1. The maximum atomic E-state index is 11.1. The molecule has 0 unspecified atom stereocenters. The molecule has 82 valence electrons. The highest BCUT2D eigenvalue weighted by molar-refractivity contribution is 7.71. The number of para-hydroxylation sites is 1. The van der Waals surface area contributed by atoms with Crippen LogP contribution in [0.2, 0.25) is 0 Å². The standard InChI is InChI=1S/C12H12N2OS/c1-8-4-3-5-9(2)11(8)14-7-6-10(15)13-12(14)16/h3-7H,1-2H3,(H,13,15,16). The largest absolute Gasteiger partial charge is 0.299 e. The summed E-state index contributed by atoms with van der Waals surface area (Å²) in [6, 6.07) is 7.52. The minimum absolute atomic E-state index is 0.174. The number of nitrogens with zero attached hydrogens (tertiary/aromatic N) is 1. The van der Waals surface area contributed by atoms with Crippen molar-refractivity contribution >= 4 is 12.2 Å². The average molecular weight is 232 g/mol. The number of hydrogen-bond acceptors (Lipinski definition) is 2. The van der Waals surface area contributed by atoms with Crippen molar-refractivity contribution in [3.05, 3.63) is 56.7 Å². The summed E-state index contributed by atoms with van der Waals surface area (Å²) >= 11 is 5.15. The van der Waals surface area contributed by atoms with Gasteiger partial charge in [-0.3, -0.25) is 14.3 Å². The summed E-state index contributed by atoms with van der Waals surface area (Å²) in [4.78, 5) is 13.7. The molecule has 1 aromatic heterocycles. The van der Waals surface area contributed by atoms with Crippen molar-refractivity contribution in [3.63, 3.8) is 0 Å². The molecular formula is C12H12N2OS. The zero-order chi connectivity index (χ0) is 11.7. The number of aryl methyl sites for hydroxylation is 2. The quantitative estimate of drug-likeness (QED) is 0.767. The number of aromatic nitrogens is 2. The Morgan fingerprint density at radius 1 is 1.19 bits per heavy atom. The van der Waals surface area contributed by atoms with Crippen molar-refractivity contribution in [1.29, 1.82) is 0 Å². The third-order valence-corrected chi connectivity index (χ3v) is 2.80. The van der Waals surface area contributed by atoms with Gasteiger partial charge in [0.1, 0.15) is 0 Å². The fourth-order valence-corrected chi connectivity index (χ4v) is 2.03. The van der Waals surface area contributed by atoms with E-state index in [2.05, 4.69) is 4.98 Å². The Morgan fingerprint density at radius 2 is 1.81 bits per heavy atom. The minimum atomic E-state index is -0.174. The predicted molar refractivity (Wildman–Crippen MR) is 66.7 cm³/mol. The summed E-state index contributed by atoms with van der Waals surface area (Å²) < 4.78 is 2.24. The Labute approximate surface area is 98.4 Å². The second kappa shape index (κ2) is 4.06. The van der Waals surface area contributed by atoms with E-state index in [-0.39, 0.29) is 5.56 Å². The van der Waals surface area contributed by atoms with E-state index in [1.165, 1.54) is 6.07 Å². The highest BCUT2D eigenvalue weighted by atomic mass is 32.1. The van der Waals surface area contributed by atoms with Crippen molar-refractivity contribution in [3.8, 4) is 5.69 Å². The van der Waals surface area contributed by atoms with Gasteiger partial charge in [-0.05, 0) is 37.2 Å². The summed E-state index contributed by atoms with van der Waals surface area (Å²) in [5.41, 5.74) is 3.11. The summed E-state index contributed by atoms with van der Waals surface area (Å²) in [6.07, 6.45) is 1.70. The monoisotopic (exact) mass is 232 g/mol. The Kier molecular flexibility index (Phi) is 2.75. The van der Waals surface area contributed by atoms with E-state index >= 15 is 0 Å². The van der Waals surface area contributed by atoms with E-state index in [9.17, 15) is 4.79 Å². The topological polar surface area (TPSA) is 37.8 Å². The second-order valence-corrected chi connectivity index (χ2v) is 4.11. The molecular weight excluding hydrogens is 220 g/mol. The Morgan fingerprint density at radius 3 is 2.38 bits per heavy atom. The van der Waals surface area contributed by atoms with E-state index < -0.39 is 0 Å². The molecule has 0 fully saturated rings. The van der Waals surface area contributed by atoms with Crippen LogP contribution in [-0.2, 0) is 0 Å². The van der Waals surface area contributed by atoms with Crippen molar-refractivity contribution < 1.29 is 0 Å². The molecule has 1 N–H and O–H groups in total. The maximum Gasteiger partial charge on any atom is 0.251 e. The Balaban J connectivity index is 2.78. The first kappa shape index (κ1) is 10.8. The number of hydrogen-bond donors (Lipinski definition) is 1. The predicted octanol–water partition coefficient (Wildman–Crippen LogP) is 2.51. The van der Waals surface area contributed by atoms with Gasteiger partial charge in [0.25, 0.3) is 5.56 Å². The van der Waals surface area contributed by atoms with Gasteiger partial charge in [0.2, 0.25) is 0 Å². The molecule has 0 bridgehead atoms. The Hall–Kier alpha value is -1.68. The molecule has 0 aliphatic carbocycles. The molecule has 0 saturated carbocycles. The molecule has 0 amide bonds. The van der Waals surface area contributed by atoms with Crippen LogP contribution in [0.4, 0.5) is 0 Å². The van der Waals surface area contributed by atoms with Crippen LogP contribution in [0.15, 0.2) is 35.3 Å². The summed E-state index contributed by atoms with van der Waals surface area (Å²) in [6.45, 7) is 4.05. The van der Waals surface area contributed by atoms with E-state index in [1.807, 2.05) is 36.6 Å². The van der Waals surface area contributed by atoms with Gasteiger partial charge < -0.3 is 0 Å². The third-order valence-electron chi connectivity index (χ3n) is 2.50. The van der Waals surface area contributed by atoms with Crippen LogP contribution in [0.5, 0.6) is 0 Å². The fourth-order valence-electron chi connectivity index (χ4n) is 1.78. The van der Waals surface area contributed by atoms with Gasteiger partial charge in [-0.1, -0.05) is 18.2 Å². The Bertz CT molecular complexity index is 620. The first-order valence-electron chi connectivity index (χ1n) is 4.98. The number of aromatic amines is 1. The lowest BCUT2D eigenvalue weighted by Crippen LogP contribution is -2.11. The van der Waals surface area contributed by atoms with Gasteiger partial charge in [0.05, 0.1) is 5.69 Å². The maximum absolute atomic E-state index is 11.1. The summed E-state index contributed by atoms with van der Waals surface area (Å²) in [5, 5.41) is 0. The lowest BCUT2D eigenvalue weighted by atomic mass is 10.1. The molecule has 16 heavy (non-hydrogen) atoms. The van der Waals surface area contributed by atoms with E-state index in [4.69, 9.17) is 12.2 Å². The molecule has 0 atom stereocenters. The van der Waals surface area contributed by atoms with Crippen LogP contribution in [-0.4, -0.2) is 9.55 Å². The van der Waals surface area contributed by atoms with Gasteiger partial charge in [-0.2, -0.15) is 0 Å². The van der Waals surface area contributed by atoms with Crippen LogP contribution < -0.4 is 5.56 Å². The van der Waals surface area contributed by atoms with Crippen LogP contribution >= 0.6 is 12.2 Å². The molecule has 0 saturated heterocycles. The van der Waals surface area contributed by atoms with Gasteiger partial charge in [-0.25, -0.2) is 0 Å². The van der Waals surface area contributed by atoms with Crippen molar-refractivity contribution in [2.24, 2.45) is 0 Å². The lowest BCUT2D eigenvalue weighted by Gasteiger charge is -2.12. The second-order valence-electron chi connectivity index (χ2n) is 3.72. The molecule has 1 aromatic carbocycles. The molecule has 4 heteroatoms. The molecule has 3 nitrogen and oxygen atoms in total. The van der Waals surface area contributed by atoms with Crippen LogP contribution in [0.1, 0.15) is 11.1 Å². The normalized spacial score (nSPS) is 10.4. The molecule has 1 heterocycles. The zero-order valence-corrected chi connectivity index (χ0v) is 9.97. The van der Waals surface area contributed by atoms with Gasteiger partial charge in [-0.15, -0.1) is 0 Å². The average Bonchev–Trinajstić information content (AvgIpc) is 2.20. The van der Waals surface area contributed by atoms with Crippen LogP contribution in [0, 0.1) is 18.6 Å². The molecule has 0 spiro atoms. The molecule has 0 aliphatic rings. The minimum Gasteiger partial charge on any atom is -0.299 e. The van der Waals surface area contributed by atoms with Crippen LogP contribution in [0.3, 0.4) is 0 Å². The zero-order valence-electron chi connectivity index (χ0n) is 9.15. The summed E-state index contributed by atoms with van der Waals surface area (Å²) in [5.74, 6) is 0. The smallest absolute Gasteiger partial charge is 0.251 e. The van der Waals surface area contributed by atoms with Gasteiger partial charge in [0, 0.05) is 12.3 Å². The van der Waals surface area contributed by atoms with Crippen LogP contribution in [0.25, 0.3) is 5.69 Å². The molecule has 0 radical (unpaired) electrons. The summed E-state index contributed by atoms with van der Waals surface area (Å²) in [7, 11) is 0. The molecule has 2 rings (SSSR count). The molecule has 2 aromatic rings. The van der Waals surface area contributed by atoms with Crippen molar-refractivity contribution in [2.45, 2.75) is 13.8 Å². The highest BCUT2D eigenvalue weighted by Gasteiger charge is 2.04. The van der Waals surface area contributed by atoms with Crippen molar-refractivity contribution in [2.75, 3.05) is 0 Å². The number of nitrogens with one attached hydrogen (secondary N) is 1. The fraction of sp³-hybridized carbons (Fsp3) is 0.167. The number of benzene rings is 1. The first-order valence-corrected chi connectivity index (χ1v) is 5.39. The van der Waals surface area contributed by atoms with E-state index in [1.54, 1.807) is 6.20 Å². The third kappa shape index (κ3) is 1.84. The lowest BCUT2D eigenvalue weighted by molar-refractivity contribution is 0.921.